The molecule has 0 radical (unpaired) electrons. The number of nitro benzene ring substituents is 1. The Bertz CT molecular complexity index is 963. The molecule has 0 bridgehead atoms. The molecular weight excluding hydrogens is 448 g/mol. The summed E-state index contributed by atoms with van der Waals surface area (Å²) in [4.78, 5) is 34.5. The van der Waals surface area contributed by atoms with Gasteiger partial charge in [-0.3, -0.25) is 19.7 Å². The van der Waals surface area contributed by atoms with E-state index in [-0.39, 0.29) is 29.3 Å². The molecule has 152 valence electrons. The van der Waals surface area contributed by atoms with E-state index in [4.69, 9.17) is 9.47 Å². The molecule has 0 atom stereocenters. The van der Waals surface area contributed by atoms with Gasteiger partial charge in [-0.25, -0.2) is 5.43 Å². The molecule has 2 rings (SSSR count). The third kappa shape index (κ3) is 5.75. The fourth-order valence-corrected chi connectivity index (χ4v) is 2.73. The van der Waals surface area contributed by atoms with Crippen LogP contribution in [0.25, 0.3) is 0 Å². The first-order valence-electron chi connectivity index (χ1n) is 8.12. The van der Waals surface area contributed by atoms with Gasteiger partial charge < -0.3 is 14.8 Å². The van der Waals surface area contributed by atoms with Crippen molar-refractivity contribution >= 4 is 39.6 Å². The lowest BCUT2D eigenvalue weighted by atomic mass is 10.1. The van der Waals surface area contributed by atoms with Gasteiger partial charge in [0.05, 0.1) is 37.5 Å². The number of carbonyl (C=O) groups excluding carboxylic acids is 2. The van der Waals surface area contributed by atoms with Gasteiger partial charge in [0.1, 0.15) is 5.75 Å². The molecule has 0 fully saturated rings. The van der Waals surface area contributed by atoms with Crippen LogP contribution >= 0.6 is 15.9 Å². The number of methoxy groups -OCH3 is 2. The zero-order chi connectivity index (χ0) is 21.4. The van der Waals surface area contributed by atoms with Crippen LogP contribution in [0.5, 0.6) is 11.5 Å². The van der Waals surface area contributed by atoms with E-state index in [1.807, 2.05) is 0 Å². The minimum absolute atomic E-state index is 0.0304. The summed E-state index contributed by atoms with van der Waals surface area (Å²) in [5, 5.41) is 17.3. The molecule has 0 aliphatic rings. The van der Waals surface area contributed by atoms with Crippen molar-refractivity contribution in [1.29, 1.82) is 0 Å². The first kappa shape index (κ1) is 21.8. The Kier molecular flexibility index (Phi) is 7.66. The second-order valence-electron chi connectivity index (χ2n) is 5.48. The van der Waals surface area contributed by atoms with Crippen LogP contribution in [0.3, 0.4) is 0 Å². The first-order valence-corrected chi connectivity index (χ1v) is 8.91. The van der Waals surface area contributed by atoms with E-state index in [2.05, 4.69) is 31.8 Å². The van der Waals surface area contributed by atoms with E-state index in [0.717, 1.165) is 0 Å². The second-order valence-corrected chi connectivity index (χ2v) is 6.33. The number of hydrazone groups is 1. The SMILES string of the molecule is COc1cc(OC)c([N+](=O)[O-])cc1/C=N\NC(=O)CNC(=O)c1ccccc1Br. The number of rotatable bonds is 8. The van der Waals surface area contributed by atoms with Crippen molar-refractivity contribution in [2.45, 2.75) is 0 Å². The van der Waals surface area contributed by atoms with Gasteiger partial charge in [0.25, 0.3) is 11.8 Å². The molecule has 0 aromatic heterocycles. The third-order valence-electron chi connectivity index (χ3n) is 3.65. The fourth-order valence-electron chi connectivity index (χ4n) is 2.26. The number of ether oxygens (including phenoxy) is 2. The van der Waals surface area contributed by atoms with Crippen LogP contribution in [0.2, 0.25) is 0 Å². The first-order chi connectivity index (χ1) is 13.9. The Morgan fingerprint density at radius 3 is 2.52 bits per heavy atom. The highest BCUT2D eigenvalue weighted by atomic mass is 79.9. The quantitative estimate of drug-likeness (QED) is 0.349. The maximum absolute atomic E-state index is 12.1. The van der Waals surface area contributed by atoms with Gasteiger partial charge in [-0.15, -0.1) is 0 Å². The number of nitrogens with one attached hydrogen (secondary N) is 2. The van der Waals surface area contributed by atoms with Crippen LogP contribution in [0.15, 0.2) is 46.0 Å². The van der Waals surface area contributed by atoms with Crippen LogP contribution in [0, 0.1) is 10.1 Å². The number of hydrogen-bond acceptors (Lipinski definition) is 7. The molecule has 0 aliphatic heterocycles. The highest BCUT2D eigenvalue weighted by Crippen LogP contribution is 2.33. The lowest BCUT2D eigenvalue weighted by Gasteiger charge is -2.08. The Balaban J connectivity index is 2.01. The second kappa shape index (κ2) is 10.2. The summed E-state index contributed by atoms with van der Waals surface area (Å²) in [5.41, 5.74) is 2.60. The summed E-state index contributed by atoms with van der Waals surface area (Å²) in [7, 11) is 2.69. The summed E-state index contributed by atoms with van der Waals surface area (Å²) in [6.07, 6.45) is 1.19. The van der Waals surface area contributed by atoms with Crippen molar-refractivity contribution in [3.63, 3.8) is 0 Å². The van der Waals surface area contributed by atoms with E-state index >= 15 is 0 Å². The number of hydrogen-bond donors (Lipinski definition) is 2. The molecule has 0 saturated heterocycles. The summed E-state index contributed by atoms with van der Waals surface area (Å²) in [6.45, 7) is -0.308. The Morgan fingerprint density at radius 1 is 1.21 bits per heavy atom. The van der Waals surface area contributed by atoms with Crippen molar-refractivity contribution < 1.29 is 24.0 Å². The molecule has 2 aromatic rings. The molecule has 10 nitrogen and oxygen atoms in total. The van der Waals surface area contributed by atoms with Gasteiger partial charge in [-0.05, 0) is 28.1 Å². The number of benzene rings is 2. The molecule has 2 aromatic carbocycles. The summed E-state index contributed by atoms with van der Waals surface area (Å²) in [5.74, 6) is -0.705. The van der Waals surface area contributed by atoms with Crippen molar-refractivity contribution in [1.82, 2.24) is 10.7 Å². The fraction of sp³-hybridized carbons (Fsp3) is 0.167. The van der Waals surface area contributed by atoms with Gasteiger partial charge in [-0.1, -0.05) is 12.1 Å². The Labute approximate surface area is 174 Å². The third-order valence-corrected chi connectivity index (χ3v) is 4.34. The minimum atomic E-state index is -0.606. The summed E-state index contributed by atoms with van der Waals surface area (Å²) in [6, 6.07) is 9.34. The maximum Gasteiger partial charge on any atom is 0.311 e. The van der Waals surface area contributed by atoms with Crippen molar-refractivity contribution in [2.75, 3.05) is 20.8 Å². The van der Waals surface area contributed by atoms with Gasteiger partial charge in [0.2, 0.25) is 5.75 Å². The number of nitrogens with zero attached hydrogens (tertiary/aromatic N) is 2. The van der Waals surface area contributed by atoms with Crippen LogP contribution in [-0.2, 0) is 4.79 Å². The number of amides is 2. The summed E-state index contributed by atoms with van der Waals surface area (Å²) >= 11 is 3.26. The monoisotopic (exact) mass is 464 g/mol. The number of halogens is 1. The molecule has 0 aliphatic carbocycles. The predicted molar refractivity (Wildman–Crippen MR) is 108 cm³/mol. The molecule has 2 N–H and O–H groups in total. The van der Waals surface area contributed by atoms with Crippen LogP contribution in [-0.4, -0.2) is 43.7 Å². The molecule has 2 amide bonds. The van der Waals surface area contributed by atoms with Crippen LogP contribution in [0.4, 0.5) is 5.69 Å². The van der Waals surface area contributed by atoms with Crippen molar-refractivity contribution in [2.24, 2.45) is 5.10 Å². The topological polar surface area (TPSA) is 132 Å². The average Bonchev–Trinajstić information content (AvgIpc) is 2.71. The highest BCUT2D eigenvalue weighted by molar-refractivity contribution is 9.10. The molecule has 11 heteroatoms. The maximum atomic E-state index is 12.1. The van der Waals surface area contributed by atoms with E-state index < -0.39 is 16.7 Å². The molecule has 29 heavy (non-hydrogen) atoms. The van der Waals surface area contributed by atoms with Crippen LogP contribution < -0.4 is 20.2 Å². The van der Waals surface area contributed by atoms with Gasteiger partial charge in [0.15, 0.2) is 0 Å². The van der Waals surface area contributed by atoms with Crippen molar-refractivity contribution in [3.05, 3.63) is 62.1 Å². The molecule has 0 spiro atoms. The van der Waals surface area contributed by atoms with Gasteiger partial charge >= 0.3 is 5.69 Å². The summed E-state index contributed by atoms with van der Waals surface area (Å²) < 4.78 is 10.7. The standard InChI is InChI=1S/C18H17BrN4O6/c1-28-15-8-16(29-2)14(23(26)27)7-11(15)9-21-22-17(24)10-20-18(25)12-5-3-4-6-13(12)19/h3-9H,10H2,1-2H3,(H,20,25)(H,22,24)/b21-9-. The minimum Gasteiger partial charge on any atom is -0.496 e. The zero-order valence-electron chi connectivity index (χ0n) is 15.5. The van der Waals surface area contributed by atoms with Crippen LogP contribution in [0.1, 0.15) is 15.9 Å². The normalized spacial score (nSPS) is 10.4. The van der Waals surface area contributed by atoms with Gasteiger partial charge in [0, 0.05) is 22.2 Å². The molecule has 0 heterocycles. The Morgan fingerprint density at radius 2 is 1.90 bits per heavy atom. The van der Waals surface area contributed by atoms with E-state index in [0.29, 0.717) is 10.0 Å². The lowest BCUT2D eigenvalue weighted by molar-refractivity contribution is -0.385. The van der Waals surface area contributed by atoms with E-state index in [1.54, 1.807) is 24.3 Å². The molecular formula is C18H17BrN4O6. The predicted octanol–water partition coefficient (Wildman–Crippen LogP) is 2.25. The lowest BCUT2D eigenvalue weighted by Crippen LogP contribution is -2.35. The van der Waals surface area contributed by atoms with Gasteiger partial charge in [-0.2, -0.15) is 5.10 Å². The molecule has 0 unspecified atom stereocenters. The molecule has 0 saturated carbocycles. The smallest absolute Gasteiger partial charge is 0.311 e. The average molecular weight is 465 g/mol. The van der Waals surface area contributed by atoms with E-state index in [1.165, 1.54) is 32.6 Å². The number of carbonyl (C=O) groups is 2. The Hall–Kier alpha value is -3.47. The zero-order valence-corrected chi connectivity index (χ0v) is 17.1. The van der Waals surface area contributed by atoms with E-state index in [9.17, 15) is 19.7 Å². The number of nitro groups is 1. The van der Waals surface area contributed by atoms with Crippen molar-refractivity contribution in [3.8, 4) is 11.5 Å². The highest BCUT2D eigenvalue weighted by Gasteiger charge is 2.19. The largest absolute Gasteiger partial charge is 0.496 e.